The number of rotatable bonds is 2. The fourth-order valence-corrected chi connectivity index (χ4v) is 2.35. The fourth-order valence-electron chi connectivity index (χ4n) is 2.35. The van der Waals surface area contributed by atoms with Crippen LogP contribution in [0.1, 0.15) is 21.5 Å². The third kappa shape index (κ3) is 2.70. The van der Waals surface area contributed by atoms with Crippen molar-refractivity contribution in [2.45, 2.75) is 13.0 Å². The molecule has 4 heteroatoms. The average molecular weight is 270 g/mol. The lowest BCUT2D eigenvalue weighted by Gasteiger charge is -2.17. The van der Waals surface area contributed by atoms with Gasteiger partial charge in [-0.1, -0.05) is 6.07 Å². The molecule has 0 fully saturated rings. The highest BCUT2D eigenvalue weighted by Gasteiger charge is 2.12. The largest absolute Gasteiger partial charge is 0.322 e. The van der Waals surface area contributed by atoms with Gasteiger partial charge in [0.25, 0.3) is 5.91 Å². The van der Waals surface area contributed by atoms with Gasteiger partial charge in [0.15, 0.2) is 0 Å². The molecule has 3 rings (SSSR count). The van der Waals surface area contributed by atoms with Crippen LogP contribution in [0.3, 0.4) is 0 Å². The summed E-state index contributed by atoms with van der Waals surface area (Å²) in [7, 11) is 0. The number of halogens is 1. The van der Waals surface area contributed by atoms with Gasteiger partial charge in [0, 0.05) is 17.8 Å². The van der Waals surface area contributed by atoms with Crippen molar-refractivity contribution in [3.8, 4) is 0 Å². The van der Waals surface area contributed by atoms with Gasteiger partial charge in [-0.05, 0) is 60.5 Å². The van der Waals surface area contributed by atoms with E-state index in [0.29, 0.717) is 11.3 Å². The number of fused-ring (bicyclic) bond motifs is 1. The summed E-state index contributed by atoms with van der Waals surface area (Å²) in [6, 6.07) is 11.5. The second-order valence-corrected chi connectivity index (χ2v) is 4.87. The fraction of sp³-hybridized carbons (Fsp3) is 0.188. The average Bonchev–Trinajstić information content (AvgIpc) is 2.49. The molecule has 20 heavy (non-hydrogen) atoms. The SMILES string of the molecule is O=C(Nc1ccc(F)cc1)c1ccc2c(c1)CCNC2. The first-order chi connectivity index (χ1) is 9.72. The minimum atomic E-state index is -0.315. The van der Waals surface area contributed by atoms with Crippen LogP contribution in [0.5, 0.6) is 0 Å². The van der Waals surface area contributed by atoms with Crippen molar-refractivity contribution >= 4 is 11.6 Å². The maximum atomic E-state index is 12.8. The number of amides is 1. The normalized spacial score (nSPS) is 13.7. The predicted molar refractivity (Wildman–Crippen MR) is 76.2 cm³/mol. The van der Waals surface area contributed by atoms with Crippen molar-refractivity contribution in [3.63, 3.8) is 0 Å². The zero-order valence-electron chi connectivity index (χ0n) is 10.9. The molecule has 1 amide bonds. The molecule has 1 aliphatic heterocycles. The summed E-state index contributed by atoms with van der Waals surface area (Å²) in [6.45, 7) is 1.80. The van der Waals surface area contributed by atoms with Gasteiger partial charge < -0.3 is 10.6 Å². The third-order valence-corrected chi connectivity index (χ3v) is 3.46. The van der Waals surface area contributed by atoms with E-state index in [1.54, 1.807) is 12.1 Å². The molecule has 0 atom stereocenters. The molecule has 0 bridgehead atoms. The molecule has 102 valence electrons. The van der Waals surface area contributed by atoms with Crippen LogP contribution >= 0.6 is 0 Å². The van der Waals surface area contributed by atoms with Crippen LogP contribution in [-0.4, -0.2) is 12.5 Å². The Morgan fingerprint density at radius 3 is 2.70 bits per heavy atom. The number of hydrogen-bond acceptors (Lipinski definition) is 2. The van der Waals surface area contributed by atoms with Gasteiger partial charge in [0.05, 0.1) is 0 Å². The zero-order chi connectivity index (χ0) is 13.9. The molecular weight excluding hydrogens is 255 g/mol. The summed E-state index contributed by atoms with van der Waals surface area (Å²) >= 11 is 0. The number of carbonyl (C=O) groups excluding carboxylic acids is 1. The summed E-state index contributed by atoms with van der Waals surface area (Å²) in [5, 5.41) is 6.07. The van der Waals surface area contributed by atoms with Gasteiger partial charge >= 0.3 is 0 Å². The topological polar surface area (TPSA) is 41.1 Å². The van der Waals surface area contributed by atoms with Crippen molar-refractivity contribution in [3.05, 3.63) is 65.0 Å². The Labute approximate surface area is 116 Å². The molecule has 2 aromatic rings. The second kappa shape index (κ2) is 5.43. The van der Waals surface area contributed by atoms with Crippen LogP contribution in [-0.2, 0) is 13.0 Å². The van der Waals surface area contributed by atoms with Crippen LogP contribution in [0.15, 0.2) is 42.5 Å². The van der Waals surface area contributed by atoms with Crippen LogP contribution in [0.4, 0.5) is 10.1 Å². The van der Waals surface area contributed by atoms with Gasteiger partial charge in [-0.25, -0.2) is 4.39 Å². The van der Waals surface area contributed by atoms with Crippen molar-refractivity contribution in [1.82, 2.24) is 5.32 Å². The van der Waals surface area contributed by atoms with E-state index >= 15 is 0 Å². The van der Waals surface area contributed by atoms with Crippen LogP contribution in [0, 0.1) is 5.82 Å². The zero-order valence-corrected chi connectivity index (χ0v) is 10.9. The number of anilines is 1. The Kier molecular flexibility index (Phi) is 3.48. The van der Waals surface area contributed by atoms with E-state index in [1.165, 1.54) is 23.3 Å². The maximum absolute atomic E-state index is 12.8. The van der Waals surface area contributed by atoms with E-state index < -0.39 is 0 Å². The molecule has 0 unspecified atom stereocenters. The summed E-state index contributed by atoms with van der Waals surface area (Å²) < 4.78 is 12.8. The van der Waals surface area contributed by atoms with Gasteiger partial charge in [-0.2, -0.15) is 0 Å². The highest BCUT2D eigenvalue weighted by Crippen LogP contribution is 2.17. The molecule has 0 spiro atoms. The Balaban J connectivity index is 1.78. The summed E-state index contributed by atoms with van der Waals surface area (Å²) in [5.41, 5.74) is 3.69. The lowest BCUT2D eigenvalue weighted by molar-refractivity contribution is 0.102. The molecule has 0 radical (unpaired) electrons. The predicted octanol–water partition coefficient (Wildman–Crippen LogP) is 2.72. The lowest BCUT2D eigenvalue weighted by atomic mass is 9.98. The molecule has 0 saturated heterocycles. The Morgan fingerprint density at radius 2 is 1.90 bits per heavy atom. The van der Waals surface area contributed by atoms with E-state index in [0.717, 1.165) is 19.5 Å². The standard InChI is InChI=1S/C16H15FN2O/c17-14-3-5-15(6-4-14)19-16(20)12-1-2-13-10-18-8-7-11(13)9-12/h1-6,9,18H,7-8,10H2,(H,19,20). The van der Waals surface area contributed by atoms with Crippen LogP contribution < -0.4 is 10.6 Å². The molecule has 3 nitrogen and oxygen atoms in total. The van der Waals surface area contributed by atoms with E-state index in [9.17, 15) is 9.18 Å². The number of nitrogens with one attached hydrogen (secondary N) is 2. The van der Waals surface area contributed by atoms with Crippen molar-refractivity contribution in [2.75, 3.05) is 11.9 Å². The lowest BCUT2D eigenvalue weighted by Crippen LogP contribution is -2.24. The van der Waals surface area contributed by atoms with Gasteiger partial charge in [0.2, 0.25) is 0 Å². The number of carbonyl (C=O) groups is 1. The molecule has 2 aromatic carbocycles. The first kappa shape index (κ1) is 12.8. The summed E-state index contributed by atoms with van der Waals surface area (Å²) in [6.07, 6.45) is 0.938. The molecule has 0 saturated carbocycles. The van der Waals surface area contributed by atoms with E-state index in [2.05, 4.69) is 10.6 Å². The summed E-state index contributed by atoms with van der Waals surface area (Å²) in [5.74, 6) is -0.484. The van der Waals surface area contributed by atoms with E-state index in [1.807, 2.05) is 18.2 Å². The van der Waals surface area contributed by atoms with Crippen LogP contribution in [0.2, 0.25) is 0 Å². The molecule has 1 aliphatic rings. The molecule has 1 heterocycles. The second-order valence-electron chi connectivity index (χ2n) is 4.87. The number of hydrogen-bond donors (Lipinski definition) is 2. The highest BCUT2D eigenvalue weighted by atomic mass is 19.1. The first-order valence-corrected chi connectivity index (χ1v) is 6.62. The molecule has 0 aliphatic carbocycles. The smallest absolute Gasteiger partial charge is 0.255 e. The minimum absolute atomic E-state index is 0.169. The quantitative estimate of drug-likeness (QED) is 0.881. The minimum Gasteiger partial charge on any atom is -0.322 e. The molecular formula is C16H15FN2O. The Bertz CT molecular complexity index is 637. The van der Waals surface area contributed by atoms with Crippen molar-refractivity contribution < 1.29 is 9.18 Å². The highest BCUT2D eigenvalue weighted by molar-refractivity contribution is 6.04. The van der Waals surface area contributed by atoms with Gasteiger partial charge in [-0.3, -0.25) is 4.79 Å². The Hall–Kier alpha value is -2.20. The Morgan fingerprint density at radius 1 is 1.10 bits per heavy atom. The van der Waals surface area contributed by atoms with Crippen molar-refractivity contribution in [2.24, 2.45) is 0 Å². The van der Waals surface area contributed by atoms with E-state index in [-0.39, 0.29) is 11.7 Å². The third-order valence-electron chi connectivity index (χ3n) is 3.46. The first-order valence-electron chi connectivity index (χ1n) is 6.62. The molecule has 0 aromatic heterocycles. The molecule has 2 N–H and O–H groups in total. The van der Waals surface area contributed by atoms with E-state index in [4.69, 9.17) is 0 Å². The summed E-state index contributed by atoms with van der Waals surface area (Å²) in [4.78, 5) is 12.2. The maximum Gasteiger partial charge on any atom is 0.255 e. The number of benzene rings is 2. The van der Waals surface area contributed by atoms with Crippen molar-refractivity contribution in [1.29, 1.82) is 0 Å². The monoisotopic (exact) mass is 270 g/mol. The van der Waals surface area contributed by atoms with Gasteiger partial charge in [-0.15, -0.1) is 0 Å². The van der Waals surface area contributed by atoms with Gasteiger partial charge in [0.1, 0.15) is 5.82 Å². The van der Waals surface area contributed by atoms with Crippen LogP contribution in [0.25, 0.3) is 0 Å².